The fourth-order valence-electron chi connectivity index (χ4n) is 2.92. The van der Waals surface area contributed by atoms with E-state index in [9.17, 15) is 8.42 Å². The number of hydrogen-bond acceptors (Lipinski definition) is 5. The van der Waals surface area contributed by atoms with E-state index in [1.165, 1.54) is 11.3 Å². The van der Waals surface area contributed by atoms with E-state index in [1.807, 2.05) is 13.8 Å². The molecule has 1 aromatic rings. The van der Waals surface area contributed by atoms with Gasteiger partial charge in [0.25, 0.3) is 0 Å². The lowest BCUT2D eigenvalue weighted by molar-refractivity contribution is 0.434. The average Bonchev–Trinajstić information content (AvgIpc) is 3.04. The summed E-state index contributed by atoms with van der Waals surface area (Å²) in [6.07, 6.45) is 3.26. The van der Waals surface area contributed by atoms with E-state index in [2.05, 4.69) is 42.8 Å². The van der Waals surface area contributed by atoms with Gasteiger partial charge in [0.2, 0.25) is 10.0 Å². The first-order valence-corrected chi connectivity index (χ1v) is 11.2. The van der Waals surface area contributed by atoms with E-state index in [-0.39, 0.29) is 24.0 Å². The van der Waals surface area contributed by atoms with Crippen LogP contribution in [0, 0.1) is 0 Å². The second kappa shape index (κ2) is 10.1. The fraction of sp³-hybridized carbons (Fsp3) is 0.688. The van der Waals surface area contributed by atoms with Gasteiger partial charge in [-0.3, -0.25) is 4.99 Å². The monoisotopic (exact) mass is 515 g/mol. The van der Waals surface area contributed by atoms with Gasteiger partial charge in [-0.05, 0) is 44.2 Å². The van der Waals surface area contributed by atoms with Crippen molar-refractivity contribution in [2.45, 2.75) is 38.3 Å². The van der Waals surface area contributed by atoms with Gasteiger partial charge in [-0.15, -0.1) is 35.3 Å². The number of sulfonamides is 1. The van der Waals surface area contributed by atoms with Gasteiger partial charge in [-0.25, -0.2) is 13.1 Å². The number of hydrogen-bond donors (Lipinski definition) is 3. The van der Waals surface area contributed by atoms with Crippen molar-refractivity contribution in [2.75, 3.05) is 37.8 Å². The van der Waals surface area contributed by atoms with Crippen molar-refractivity contribution < 1.29 is 8.42 Å². The molecule has 1 saturated heterocycles. The van der Waals surface area contributed by atoms with Crippen LogP contribution in [-0.4, -0.2) is 58.9 Å². The number of thiophene rings is 1. The molecule has 0 aliphatic carbocycles. The maximum atomic E-state index is 11.4. The van der Waals surface area contributed by atoms with E-state index in [0.717, 1.165) is 25.9 Å². The minimum absolute atomic E-state index is 0. The molecule has 0 radical (unpaired) electrons. The lowest BCUT2D eigenvalue weighted by atomic mass is 10.1. The SMILES string of the molecule is CN=C(NCC(C)(C)NS(C)(=O)=O)NC1CCN(c2cccs2)CC1.I. The van der Waals surface area contributed by atoms with Gasteiger partial charge in [0.1, 0.15) is 0 Å². The smallest absolute Gasteiger partial charge is 0.209 e. The number of rotatable bonds is 6. The second-order valence-corrected chi connectivity index (χ2v) is 9.72. The molecule has 0 amide bonds. The molecule has 1 fully saturated rings. The van der Waals surface area contributed by atoms with Crippen LogP contribution in [0.4, 0.5) is 5.00 Å². The molecule has 2 heterocycles. The van der Waals surface area contributed by atoms with Crippen LogP contribution >= 0.6 is 35.3 Å². The highest BCUT2D eigenvalue weighted by Gasteiger charge is 2.24. The van der Waals surface area contributed by atoms with Crippen molar-refractivity contribution in [3.63, 3.8) is 0 Å². The third-order valence-electron chi connectivity index (χ3n) is 4.04. The molecule has 3 N–H and O–H groups in total. The fourth-order valence-corrected chi connectivity index (χ4v) is 4.79. The number of nitrogens with one attached hydrogen (secondary N) is 3. The van der Waals surface area contributed by atoms with E-state index in [4.69, 9.17) is 0 Å². The Bertz CT molecular complexity index is 669. The molecule has 150 valence electrons. The highest BCUT2D eigenvalue weighted by atomic mass is 127. The van der Waals surface area contributed by atoms with Crippen molar-refractivity contribution >= 4 is 56.3 Å². The Kier molecular flexibility index (Phi) is 9.10. The second-order valence-electron chi connectivity index (χ2n) is 7.04. The summed E-state index contributed by atoms with van der Waals surface area (Å²) < 4.78 is 25.5. The lowest BCUT2D eigenvalue weighted by Gasteiger charge is -2.34. The minimum Gasteiger partial charge on any atom is -0.363 e. The van der Waals surface area contributed by atoms with Crippen molar-refractivity contribution in [1.29, 1.82) is 0 Å². The lowest BCUT2D eigenvalue weighted by Crippen LogP contribution is -2.55. The quantitative estimate of drug-likeness (QED) is 0.306. The number of aliphatic imine (C=N–C) groups is 1. The van der Waals surface area contributed by atoms with Crippen LogP contribution in [0.3, 0.4) is 0 Å². The summed E-state index contributed by atoms with van der Waals surface area (Å²) in [5.74, 6) is 0.706. The Hall–Kier alpha value is -0.590. The summed E-state index contributed by atoms with van der Waals surface area (Å²) in [4.78, 5) is 6.67. The van der Waals surface area contributed by atoms with Crippen LogP contribution in [0.1, 0.15) is 26.7 Å². The normalized spacial score (nSPS) is 16.9. The first-order valence-electron chi connectivity index (χ1n) is 8.43. The molecule has 10 heteroatoms. The summed E-state index contributed by atoms with van der Waals surface area (Å²) in [6, 6.07) is 4.62. The molecule has 0 aromatic carbocycles. The van der Waals surface area contributed by atoms with E-state index >= 15 is 0 Å². The molecule has 1 aliphatic heterocycles. The Morgan fingerprint density at radius 1 is 1.38 bits per heavy atom. The predicted molar refractivity (Wildman–Crippen MR) is 122 cm³/mol. The highest BCUT2D eigenvalue weighted by Crippen LogP contribution is 2.24. The van der Waals surface area contributed by atoms with E-state index in [0.29, 0.717) is 18.5 Å². The molecule has 0 saturated carbocycles. The first-order chi connectivity index (χ1) is 11.7. The largest absolute Gasteiger partial charge is 0.363 e. The molecule has 1 aliphatic rings. The van der Waals surface area contributed by atoms with Crippen LogP contribution < -0.4 is 20.3 Å². The third kappa shape index (κ3) is 7.97. The first kappa shape index (κ1) is 23.4. The molecular weight excluding hydrogens is 485 g/mol. The Balaban J connectivity index is 0.00000338. The summed E-state index contributed by atoms with van der Waals surface area (Å²) >= 11 is 1.78. The summed E-state index contributed by atoms with van der Waals surface area (Å²) in [6.45, 7) is 6.18. The standard InChI is InChI=1S/C16H29N5O2S2.HI/c1-16(2,20-25(4,22)23)12-18-15(17-3)19-13-7-9-21(10-8-13)14-6-5-11-24-14;/h5-6,11,13,20H,7-10,12H2,1-4H3,(H2,17,18,19);1H. The van der Waals surface area contributed by atoms with Crippen LogP contribution in [-0.2, 0) is 10.0 Å². The predicted octanol–water partition coefficient (Wildman–Crippen LogP) is 1.83. The van der Waals surface area contributed by atoms with Crippen molar-refractivity contribution in [3.05, 3.63) is 17.5 Å². The van der Waals surface area contributed by atoms with Gasteiger partial charge in [0, 0.05) is 38.3 Å². The van der Waals surface area contributed by atoms with Gasteiger partial charge < -0.3 is 15.5 Å². The zero-order valence-electron chi connectivity index (χ0n) is 15.8. The van der Waals surface area contributed by atoms with Crippen molar-refractivity contribution in [1.82, 2.24) is 15.4 Å². The summed E-state index contributed by atoms with van der Waals surface area (Å²) in [5, 5.41) is 10.1. The van der Waals surface area contributed by atoms with Gasteiger partial charge in [-0.1, -0.05) is 0 Å². The Labute approximate surface area is 178 Å². The van der Waals surface area contributed by atoms with Crippen LogP contribution in [0.2, 0.25) is 0 Å². The van der Waals surface area contributed by atoms with Crippen LogP contribution in [0.15, 0.2) is 22.5 Å². The van der Waals surface area contributed by atoms with E-state index in [1.54, 1.807) is 18.4 Å². The molecule has 2 rings (SSSR count). The van der Waals surface area contributed by atoms with Gasteiger partial charge >= 0.3 is 0 Å². The average molecular weight is 515 g/mol. The molecule has 7 nitrogen and oxygen atoms in total. The molecule has 0 atom stereocenters. The number of anilines is 1. The molecule has 26 heavy (non-hydrogen) atoms. The number of piperidine rings is 1. The number of nitrogens with zero attached hydrogens (tertiary/aromatic N) is 2. The van der Waals surface area contributed by atoms with Gasteiger partial charge in [-0.2, -0.15) is 0 Å². The van der Waals surface area contributed by atoms with Crippen molar-refractivity contribution in [3.8, 4) is 0 Å². The summed E-state index contributed by atoms with van der Waals surface area (Å²) in [7, 11) is -1.52. The Morgan fingerprint density at radius 3 is 2.54 bits per heavy atom. The summed E-state index contributed by atoms with van der Waals surface area (Å²) in [5.41, 5.74) is -0.590. The maximum absolute atomic E-state index is 11.4. The zero-order valence-corrected chi connectivity index (χ0v) is 19.7. The molecule has 0 bridgehead atoms. The van der Waals surface area contributed by atoms with E-state index < -0.39 is 15.6 Å². The number of guanidine groups is 1. The zero-order chi connectivity index (χ0) is 18.5. The maximum Gasteiger partial charge on any atom is 0.209 e. The van der Waals surface area contributed by atoms with Gasteiger partial charge in [0.15, 0.2) is 5.96 Å². The molecule has 0 spiro atoms. The van der Waals surface area contributed by atoms with Crippen LogP contribution in [0.25, 0.3) is 0 Å². The van der Waals surface area contributed by atoms with Crippen molar-refractivity contribution in [2.24, 2.45) is 4.99 Å². The molecule has 0 unspecified atom stereocenters. The van der Waals surface area contributed by atoms with Crippen LogP contribution in [0.5, 0.6) is 0 Å². The number of halogens is 1. The molecule has 1 aromatic heterocycles. The topological polar surface area (TPSA) is 85.8 Å². The third-order valence-corrected chi connectivity index (χ3v) is 5.89. The van der Waals surface area contributed by atoms with Gasteiger partial charge in [0.05, 0.1) is 11.3 Å². The molecular formula is C16H30IN5O2S2. The highest BCUT2D eigenvalue weighted by molar-refractivity contribution is 14.0. The Morgan fingerprint density at radius 2 is 2.04 bits per heavy atom. The minimum atomic E-state index is -3.25.